The van der Waals surface area contributed by atoms with Gasteiger partial charge in [0.15, 0.2) is 11.5 Å². The smallest absolute Gasteiger partial charge is 0.246 e. The molecule has 2 bridgehead atoms. The first-order valence-corrected chi connectivity index (χ1v) is 16.1. The lowest BCUT2D eigenvalue weighted by Gasteiger charge is -2.66. The van der Waals surface area contributed by atoms with Gasteiger partial charge in [-0.3, -0.25) is 9.69 Å². The Hall–Kier alpha value is -2.65. The summed E-state index contributed by atoms with van der Waals surface area (Å²) in [7, 11) is 1.85. The van der Waals surface area contributed by atoms with E-state index in [0.717, 1.165) is 46.4 Å². The van der Waals surface area contributed by atoms with E-state index in [9.17, 15) is 15.0 Å². The van der Waals surface area contributed by atoms with Crippen molar-refractivity contribution in [2.75, 3.05) is 20.1 Å². The van der Waals surface area contributed by atoms with Crippen LogP contribution in [-0.2, 0) is 23.1 Å². The lowest BCUT2D eigenvalue weighted by atomic mass is 9.46. The van der Waals surface area contributed by atoms with Crippen molar-refractivity contribution in [3.8, 4) is 11.5 Å². The summed E-state index contributed by atoms with van der Waals surface area (Å²) in [5.74, 6) is 0.514. The number of phenols is 1. The highest BCUT2D eigenvalue weighted by atomic mass is 79.9. The number of thiophene rings is 1. The number of nitrogens with zero attached hydrogens (tertiary/aromatic N) is 2. The third-order valence-electron chi connectivity index (χ3n) is 10.2. The standard InChI is InChI=1S/C33H35BrN2O4S/c1-20-18-33(39)26-16-22-8-10-25(37)30-28(22)32(33,13-15-36(26)14-12-21-6-4-3-5-7-21)31(40-30)29(20)35(2)27(38)11-9-24-17-23(34)19-41-24/h3-11,17,19-20,26,29,31,37,39H,12-16,18H2,1-2H3/b11-9+/t20-,26-,29+,31+,32+,33-/m1/s1. The zero-order valence-corrected chi connectivity index (χ0v) is 25.7. The van der Waals surface area contributed by atoms with Crippen molar-refractivity contribution in [2.45, 2.75) is 61.8 Å². The quantitative estimate of drug-likeness (QED) is 0.355. The first-order valence-electron chi connectivity index (χ1n) is 14.4. The molecule has 7 rings (SSSR count). The molecule has 0 unspecified atom stereocenters. The first-order chi connectivity index (χ1) is 19.7. The average Bonchev–Trinajstić information content (AvgIpc) is 3.53. The van der Waals surface area contributed by atoms with E-state index < -0.39 is 17.1 Å². The maximum absolute atomic E-state index is 13.5. The minimum Gasteiger partial charge on any atom is -0.504 e. The highest BCUT2D eigenvalue weighted by Crippen LogP contribution is 2.66. The van der Waals surface area contributed by atoms with Gasteiger partial charge in [0.1, 0.15) is 6.10 Å². The topological polar surface area (TPSA) is 73.2 Å². The molecule has 214 valence electrons. The second-order valence-corrected chi connectivity index (χ2v) is 14.1. The fourth-order valence-electron chi connectivity index (χ4n) is 8.48. The van der Waals surface area contributed by atoms with Crippen molar-refractivity contribution in [1.29, 1.82) is 0 Å². The molecule has 1 amide bonds. The highest BCUT2D eigenvalue weighted by Gasteiger charge is 2.74. The maximum atomic E-state index is 13.5. The van der Waals surface area contributed by atoms with Gasteiger partial charge < -0.3 is 19.8 Å². The molecule has 3 aromatic rings. The Kier molecular flexibility index (Phi) is 6.62. The van der Waals surface area contributed by atoms with Crippen LogP contribution >= 0.6 is 27.3 Å². The molecule has 41 heavy (non-hydrogen) atoms. The van der Waals surface area contributed by atoms with E-state index in [-0.39, 0.29) is 29.7 Å². The van der Waals surface area contributed by atoms with Gasteiger partial charge in [0.05, 0.1) is 17.1 Å². The Morgan fingerprint density at radius 1 is 1.27 bits per heavy atom. The predicted octanol–water partition coefficient (Wildman–Crippen LogP) is 5.40. The van der Waals surface area contributed by atoms with Gasteiger partial charge in [0.2, 0.25) is 5.91 Å². The number of rotatable bonds is 6. The highest BCUT2D eigenvalue weighted by molar-refractivity contribution is 9.10. The van der Waals surface area contributed by atoms with E-state index in [1.807, 2.05) is 36.7 Å². The predicted molar refractivity (Wildman–Crippen MR) is 164 cm³/mol. The third-order valence-corrected chi connectivity index (χ3v) is 11.9. The Bertz CT molecular complexity index is 1520. The number of likely N-dealkylation sites (tertiary alicyclic amines) is 1. The van der Waals surface area contributed by atoms with Gasteiger partial charge in [-0.15, -0.1) is 11.3 Å². The summed E-state index contributed by atoms with van der Waals surface area (Å²) in [5.41, 5.74) is 1.70. The summed E-state index contributed by atoms with van der Waals surface area (Å²) in [6.07, 6.45) is 5.96. The van der Waals surface area contributed by atoms with Gasteiger partial charge in [-0.1, -0.05) is 43.3 Å². The monoisotopic (exact) mass is 634 g/mol. The summed E-state index contributed by atoms with van der Waals surface area (Å²) in [6.45, 7) is 3.84. The molecule has 2 aliphatic heterocycles. The Balaban J connectivity index is 1.25. The molecular weight excluding hydrogens is 600 g/mol. The van der Waals surface area contributed by atoms with Gasteiger partial charge in [-0.25, -0.2) is 0 Å². The molecule has 3 heterocycles. The molecule has 0 radical (unpaired) electrons. The molecule has 2 aromatic carbocycles. The molecule has 1 aromatic heterocycles. The first kappa shape index (κ1) is 27.2. The summed E-state index contributed by atoms with van der Waals surface area (Å²) >= 11 is 5.05. The SMILES string of the molecule is C[C@@H]1C[C@@]2(O)[C@H]3Cc4ccc(O)c5c4[C@@]2(CCN3CCc2ccccc2)[C@@H](O5)[C@H]1N(C)C(=O)/C=C/c1cc(Br)cs1. The molecule has 2 N–H and O–H groups in total. The number of halogens is 1. The maximum Gasteiger partial charge on any atom is 0.246 e. The van der Waals surface area contributed by atoms with E-state index >= 15 is 0 Å². The number of hydrogen-bond acceptors (Lipinski definition) is 6. The molecule has 1 spiro atoms. The second kappa shape index (κ2) is 9.97. The zero-order chi connectivity index (χ0) is 28.5. The lowest BCUT2D eigenvalue weighted by Crippen LogP contribution is -2.79. The minimum atomic E-state index is -1.03. The van der Waals surface area contributed by atoms with Crippen LogP contribution in [0.5, 0.6) is 11.5 Å². The van der Waals surface area contributed by atoms with Crippen LogP contribution < -0.4 is 4.74 Å². The van der Waals surface area contributed by atoms with Gasteiger partial charge in [0, 0.05) is 46.0 Å². The molecule has 8 heteroatoms. The van der Waals surface area contributed by atoms with Crippen molar-refractivity contribution >= 4 is 39.2 Å². The fraction of sp³-hybridized carbons (Fsp3) is 0.424. The van der Waals surface area contributed by atoms with E-state index in [0.29, 0.717) is 18.6 Å². The van der Waals surface area contributed by atoms with Crippen LogP contribution in [0.25, 0.3) is 6.08 Å². The average molecular weight is 636 g/mol. The molecule has 4 aliphatic rings. The third kappa shape index (κ3) is 4.05. The van der Waals surface area contributed by atoms with E-state index in [2.05, 4.69) is 52.0 Å². The van der Waals surface area contributed by atoms with E-state index in [1.165, 1.54) is 5.56 Å². The van der Waals surface area contributed by atoms with Crippen molar-refractivity contribution in [3.05, 3.63) is 86.0 Å². The Labute approximate surface area is 253 Å². The molecule has 1 saturated heterocycles. The van der Waals surface area contributed by atoms with Crippen LogP contribution in [0.15, 0.2) is 64.5 Å². The van der Waals surface area contributed by atoms with Gasteiger partial charge in [-0.2, -0.15) is 0 Å². The normalized spacial score (nSPS) is 31.6. The van der Waals surface area contributed by atoms with Crippen LogP contribution in [0.3, 0.4) is 0 Å². The van der Waals surface area contributed by atoms with Crippen molar-refractivity contribution < 1.29 is 19.7 Å². The number of carbonyl (C=O) groups excluding carboxylic acids is 1. The summed E-state index contributed by atoms with van der Waals surface area (Å²) < 4.78 is 7.71. The summed E-state index contributed by atoms with van der Waals surface area (Å²) in [5, 5.41) is 25.9. The molecule has 2 fully saturated rings. The molecule has 6 nitrogen and oxygen atoms in total. The van der Waals surface area contributed by atoms with Crippen molar-refractivity contribution in [1.82, 2.24) is 9.80 Å². The number of phenolic OH excluding ortho intramolecular Hbond substituents is 1. The zero-order valence-electron chi connectivity index (χ0n) is 23.3. The number of aromatic hydroxyl groups is 1. The minimum absolute atomic E-state index is 0.00839. The Morgan fingerprint density at radius 3 is 2.83 bits per heavy atom. The number of carbonyl (C=O) groups is 1. The van der Waals surface area contributed by atoms with Crippen LogP contribution in [0.4, 0.5) is 0 Å². The fourth-order valence-corrected chi connectivity index (χ4v) is 9.82. The van der Waals surface area contributed by atoms with Crippen LogP contribution in [0, 0.1) is 5.92 Å². The van der Waals surface area contributed by atoms with E-state index in [4.69, 9.17) is 4.74 Å². The van der Waals surface area contributed by atoms with Crippen molar-refractivity contribution in [3.63, 3.8) is 0 Å². The van der Waals surface area contributed by atoms with Crippen LogP contribution in [0.1, 0.15) is 41.3 Å². The van der Waals surface area contributed by atoms with Crippen LogP contribution in [0.2, 0.25) is 0 Å². The number of piperidine rings is 1. The summed E-state index contributed by atoms with van der Waals surface area (Å²) in [6, 6.07) is 15.9. The Morgan fingerprint density at radius 2 is 2.07 bits per heavy atom. The second-order valence-electron chi connectivity index (χ2n) is 12.2. The number of aliphatic hydroxyl groups is 1. The number of likely N-dealkylation sites (N-methyl/N-ethyl adjacent to an activating group) is 1. The number of hydrogen-bond donors (Lipinski definition) is 2. The largest absolute Gasteiger partial charge is 0.504 e. The number of benzene rings is 2. The molecule has 6 atom stereocenters. The van der Waals surface area contributed by atoms with Gasteiger partial charge in [-0.05, 0) is 83.4 Å². The molecule has 2 aliphatic carbocycles. The molecular formula is C33H35BrN2O4S. The summed E-state index contributed by atoms with van der Waals surface area (Å²) in [4.78, 5) is 18.8. The van der Waals surface area contributed by atoms with Crippen molar-refractivity contribution in [2.24, 2.45) is 5.92 Å². The molecule has 1 saturated carbocycles. The lowest BCUT2D eigenvalue weighted by molar-refractivity contribution is -0.211. The van der Waals surface area contributed by atoms with Gasteiger partial charge >= 0.3 is 0 Å². The number of ether oxygens (including phenoxy) is 1. The van der Waals surface area contributed by atoms with Gasteiger partial charge in [0.25, 0.3) is 0 Å². The number of amides is 1. The van der Waals surface area contributed by atoms with Crippen LogP contribution in [-0.4, -0.2) is 69.8 Å². The van der Waals surface area contributed by atoms with E-state index in [1.54, 1.807) is 28.4 Å².